The summed E-state index contributed by atoms with van der Waals surface area (Å²) in [7, 11) is 0. The lowest BCUT2D eigenvalue weighted by Crippen LogP contribution is -2.44. The first kappa shape index (κ1) is 21.6. The van der Waals surface area contributed by atoms with Crippen molar-refractivity contribution in [2.45, 2.75) is 44.4 Å². The van der Waals surface area contributed by atoms with Gasteiger partial charge in [-0.3, -0.25) is 4.79 Å². The first-order chi connectivity index (χ1) is 15.1. The molecule has 0 radical (unpaired) electrons. The molecule has 164 valence electrons. The highest BCUT2D eigenvalue weighted by molar-refractivity contribution is 7.98. The van der Waals surface area contributed by atoms with Crippen LogP contribution >= 0.6 is 11.8 Å². The lowest BCUT2D eigenvalue weighted by atomic mass is 9.96. The van der Waals surface area contributed by atoms with Gasteiger partial charge in [-0.2, -0.15) is 4.98 Å². The van der Waals surface area contributed by atoms with Crippen LogP contribution in [0.1, 0.15) is 36.8 Å². The smallest absolute Gasteiger partial charge is 0.263 e. The molecule has 0 spiro atoms. The number of rotatable bonds is 7. The average molecular weight is 440 g/mol. The Hall–Kier alpha value is -2.61. The van der Waals surface area contributed by atoms with Crippen molar-refractivity contribution in [2.24, 2.45) is 5.92 Å². The van der Waals surface area contributed by atoms with Gasteiger partial charge in [0.25, 0.3) is 5.71 Å². The van der Waals surface area contributed by atoms with Crippen molar-refractivity contribution in [1.29, 1.82) is 0 Å². The van der Waals surface area contributed by atoms with Crippen molar-refractivity contribution >= 4 is 34.6 Å². The fraction of sp³-hybridized carbons (Fsp3) is 0.478. The van der Waals surface area contributed by atoms with Crippen LogP contribution in [0, 0.1) is 12.8 Å². The summed E-state index contributed by atoms with van der Waals surface area (Å²) < 4.78 is 5.43. The van der Waals surface area contributed by atoms with Crippen molar-refractivity contribution in [3.8, 4) is 0 Å². The van der Waals surface area contributed by atoms with E-state index in [0.717, 1.165) is 49.1 Å². The van der Waals surface area contributed by atoms with E-state index < -0.39 is 0 Å². The minimum atomic E-state index is -0.0529. The number of nitrogens with one attached hydrogen (secondary N) is 1. The highest BCUT2D eigenvalue weighted by atomic mass is 32.2. The maximum atomic E-state index is 12.9. The van der Waals surface area contributed by atoms with Crippen LogP contribution < -0.4 is 10.2 Å². The molecule has 1 N–H and O–H groups in total. The number of aryl methyl sites for hydroxylation is 2. The molecule has 1 saturated heterocycles. The van der Waals surface area contributed by atoms with Crippen LogP contribution in [0.25, 0.3) is 11.1 Å². The van der Waals surface area contributed by atoms with E-state index in [1.54, 1.807) is 11.8 Å². The zero-order valence-electron chi connectivity index (χ0n) is 18.4. The highest BCUT2D eigenvalue weighted by Crippen LogP contribution is 2.30. The lowest BCUT2D eigenvalue weighted by molar-refractivity contribution is -0.125. The molecular formula is C23H29N5O2S. The van der Waals surface area contributed by atoms with Crippen LogP contribution in [0.4, 0.5) is 5.82 Å². The van der Waals surface area contributed by atoms with Crippen LogP contribution in [0.15, 0.2) is 33.7 Å². The number of aromatic nitrogens is 3. The molecule has 1 atom stereocenters. The SMILES string of the molecule is CCc1noc2nc(C)nc(N3CCCC(C(=O)NCCc4ccc(SC)cc4)C3)c12. The second-order valence-electron chi connectivity index (χ2n) is 7.93. The minimum Gasteiger partial charge on any atom is -0.355 e. The maximum absolute atomic E-state index is 12.9. The van der Waals surface area contributed by atoms with E-state index in [1.807, 2.05) is 13.8 Å². The molecule has 31 heavy (non-hydrogen) atoms. The highest BCUT2D eigenvalue weighted by Gasteiger charge is 2.29. The molecule has 3 heterocycles. The van der Waals surface area contributed by atoms with E-state index in [4.69, 9.17) is 9.51 Å². The molecule has 1 aliphatic rings. The Morgan fingerprint density at radius 1 is 1.29 bits per heavy atom. The number of thioether (sulfide) groups is 1. The van der Waals surface area contributed by atoms with Crippen LogP contribution in [0.3, 0.4) is 0 Å². The molecule has 8 heteroatoms. The summed E-state index contributed by atoms with van der Waals surface area (Å²) in [5.74, 6) is 1.56. The number of hydrogen-bond donors (Lipinski definition) is 1. The molecule has 3 aromatic rings. The Kier molecular flexibility index (Phi) is 6.75. The summed E-state index contributed by atoms with van der Waals surface area (Å²) >= 11 is 1.73. The average Bonchev–Trinajstić information content (AvgIpc) is 3.21. The van der Waals surface area contributed by atoms with E-state index in [0.29, 0.717) is 24.6 Å². The Bertz CT molecular complexity index is 1050. The van der Waals surface area contributed by atoms with Crippen LogP contribution in [0.5, 0.6) is 0 Å². The fourth-order valence-corrected chi connectivity index (χ4v) is 4.52. The summed E-state index contributed by atoms with van der Waals surface area (Å²) in [5.41, 5.74) is 2.63. The minimum absolute atomic E-state index is 0.0529. The molecule has 1 fully saturated rings. The number of piperidine rings is 1. The summed E-state index contributed by atoms with van der Waals surface area (Å²) in [6.07, 6.45) is 5.50. The monoisotopic (exact) mass is 439 g/mol. The molecule has 1 unspecified atom stereocenters. The van der Waals surface area contributed by atoms with E-state index >= 15 is 0 Å². The topological polar surface area (TPSA) is 84.2 Å². The summed E-state index contributed by atoms with van der Waals surface area (Å²) in [6, 6.07) is 8.52. The number of benzene rings is 1. The van der Waals surface area contributed by atoms with Gasteiger partial charge in [-0.1, -0.05) is 24.2 Å². The molecule has 1 amide bonds. The zero-order valence-corrected chi connectivity index (χ0v) is 19.2. The van der Waals surface area contributed by atoms with Gasteiger partial charge in [-0.25, -0.2) is 4.98 Å². The third-order valence-corrected chi connectivity index (χ3v) is 6.54. The first-order valence-electron chi connectivity index (χ1n) is 10.9. The lowest BCUT2D eigenvalue weighted by Gasteiger charge is -2.33. The maximum Gasteiger partial charge on any atom is 0.263 e. The Morgan fingerprint density at radius 3 is 2.84 bits per heavy atom. The van der Waals surface area contributed by atoms with E-state index in [2.05, 4.69) is 50.9 Å². The third-order valence-electron chi connectivity index (χ3n) is 5.80. The van der Waals surface area contributed by atoms with E-state index in [9.17, 15) is 4.79 Å². The van der Waals surface area contributed by atoms with Crippen molar-refractivity contribution in [3.05, 3.63) is 41.3 Å². The number of hydrogen-bond acceptors (Lipinski definition) is 7. The first-order valence-corrected chi connectivity index (χ1v) is 12.1. The van der Waals surface area contributed by atoms with Gasteiger partial charge in [-0.15, -0.1) is 11.8 Å². The van der Waals surface area contributed by atoms with Gasteiger partial charge >= 0.3 is 0 Å². The molecule has 7 nitrogen and oxygen atoms in total. The molecule has 1 aromatic carbocycles. The Morgan fingerprint density at radius 2 is 2.10 bits per heavy atom. The summed E-state index contributed by atoms with van der Waals surface area (Å²) in [4.78, 5) is 25.4. The third kappa shape index (κ3) is 4.84. The van der Waals surface area contributed by atoms with Gasteiger partial charge in [0, 0.05) is 24.5 Å². The normalized spacial score (nSPS) is 16.6. The van der Waals surface area contributed by atoms with Gasteiger partial charge in [0.05, 0.1) is 11.6 Å². The number of fused-ring (bicyclic) bond motifs is 1. The van der Waals surface area contributed by atoms with Gasteiger partial charge in [0.2, 0.25) is 5.91 Å². The van der Waals surface area contributed by atoms with Gasteiger partial charge in [-0.05, 0) is 56.6 Å². The Balaban J connectivity index is 1.41. The van der Waals surface area contributed by atoms with Gasteiger partial charge in [0.15, 0.2) is 0 Å². The number of anilines is 1. The standard InChI is InChI=1S/C23H29N5O2S/c1-4-19-20-21(25-15(2)26-23(20)30-27-19)28-13-5-6-17(14-28)22(29)24-12-11-16-7-9-18(31-3)10-8-16/h7-10,17H,4-6,11-14H2,1-3H3,(H,24,29). The van der Waals surface area contributed by atoms with Crippen molar-refractivity contribution < 1.29 is 9.32 Å². The predicted octanol–water partition coefficient (Wildman–Crippen LogP) is 3.79. The van der Waals surface area contributed by atoms with Gasteiger partial charge in [0.1, 0.15) is 17.0 Å². The molecule has 1 aliphatic heterocycles. The van der Waals surface area contributed by atoms with Crippen LogP contribution in [0.2, 0.25) is 0 Å². The predicted molar refractivity (Wildman–Crippen MR) is 124 cm³/mol. The van der Waals surface area contributed by atoms with Crippen molar-refractivity contribution in [1.82, 2.24) is 20.4 Å². The second kappa shape index (κ2) is 9.68. The molecule has 0 bridgehead atoms. The molecule has 0 aliphatic carbocycles. The number of nitrogens with zero attached hydrogens (tertiary/aromatic N) is 4. The quantitative estimate of drug-likeness (QED) is 0.561. The molecule has 2 aromatic heterocycles. The van der Waals surface area contributed by atoms with Crippen LogP contribution in [-0.4, -0.2) is 46.9 Å². The number of amides is 1. The molecular weight excluding hydrogens is 410 g/mol. The largest absolute Gasteiger partial charge is 0.355 e. The Labute approximate surface area is 187 Å². The molecule has 0 saturated carbocycles. The summed E-state index contributed by atoms with van der Waals surface area (Å²) in [6.45, 7) is 6.06. The van der Waals surface area contributed by atoms with E-state index in [-0.39, 0.29) is 11.8 Å². The fourth-order valence-electron chi connectivity index (χ4n) is 4.12. The van der Waals surface area contributed by atoms with Crippen LogP contribution in [-0.2, 0) is 17.6 Å². The molecule has 4 rings (SSSR count). The van der Waals surface area contributed by atoms with Gasteiger partial charge < -0.3 is 14.7 Å². The number of carbonyl (C=O) groups is 1. The number of carbonyl (C=O) groups excluding carboxylic acids is 1. The van der Waals surface area contributed by atoms with Crippen molar-refractivity contribution in [2.75, 3.05) is 30.8 Å². The van der Waals surface area contributed by atoms with Crippen molar-refractivity contribution in [3.63, 3.8) is 0 Å². The second-order valence-corrected chi connectivity index (χ2v) is 8.81. The zero-order chi connectivity index (χ0) is 21.8. The van der Waals surface area contributed by atoms with E-state index in [1.165, 1.54) is 10.5 Å². The summed E-state index contributed by atoms with van der Waals surface area (Å²) in [5, 5.41) is 8.17.